The van der Waals surface area contributed by atoms with E-state index in [9.17, 15) is 4.79 Å². The maximum atomic E-state index is 11.7. The summed E-state index contributed by atoms with van der Waals surface area (Å²) in [6, 6.07) is 6.43. The van der Waals surface area contributed by atoms with E-state index in [0.717, 1.165) is 36.3 Å². The number of allylic oxidation sites excluding steroid dienone is 1. The Hall–Kier alpha value is -0.259. The second-order valence-electron chi connectivity index (χ2n) is 7.81. The van der Waals surface area contributed by atoms with Gasteiger partial charge in [0.15, 0.2) is 22.4 Å². The van der Waals surface area contributed by atoms with Gasteiger partial charge < -0.3 is 18.0 Å². The van der Waals surface area contributed by atoms with Crippen LogP contribution in [0.15, 0.2) is 12.2 Å². The molecule has 0 radical (unpaired) electrons. The Kier molecular flexibility index (Phi) is 14.6. The molecule has 0 rings (SSSR count). The molecule has 172 valence electrons. The Labute approximate surface area is 184 Å². The molecular weight excluding hydrogens is 416 g/mol. The molecule has 0 aliphatic heterocycles. The average molecular weight is 463 g/mol. The van der Waals surface area contributed by atoms with Crippen LogP contribution in [0.25, 0.3) is 0 Å². The molecule has 0 aromatic rings. The van der Waals surface area contributed by atoms with Gasteiger partial charge in [-0.3, -0.25) is 0 Å². The largest absolute Gasteiger partial charge is 0.463 e. The van der Waals surface area contributed by atoms with E-state index in [1.165, 1.54) is 6.08 Å². The Morgan fingerprint density at radius 2 is 1.34 bits per heavy atom. The van der Waals surface area contributed by atoms with Crippen LogP contribution in [0.2, 0.25) is 36.3 Å². The lowest BCUT2D eigenvalue weighted by molar-refractivity contribution is -0.162. The smallest absolute Gasteiger partial charge is 0.330 e. The molecule has 0 aliphatic rings. The van der Waals surface area contributed by atoms with Gasteiger partial charge in [-0.25, -0.2) is 4.79 Å². The molecule has 0 heterocycles. The summed E-state index contributed by atoms with van der Waals surface area (Å²) < 4.78 is 25.2. The Balaban J connectivity index is 5.71. The van der Waals surface area contributed by atoms with Gasteiger partial charge in [-0.15, -0.1) is 0 Å². The zero-order valence-corrected chi connectivity index (χ0v) is 24.3. The summed E-state index contributed by atoms with van der Waals surface area (Å²) in [5.74, 6) is -1.00. The molecule has 0 bridgehead atoms. The number of hydrogen-bond donors (Lipinski definition) is 0. The molecule has 8 heteroatoms. The van der Waals surface area contributed by atoms with Crippen LogP contribution in [0.5, 0.6) is 0 Å². The van der Waals surface area contributed by atoms with Crippen molar-refractivity contribution in [2.24, 2.45) is 0 Å². The van der Waals surface area contributed by atoms with E-state index in [-0.39, 0.29) is 5.97 Å². The van der Waals surface area contributed by atoms with Crippen LogP contribution in [0.4, 0.5) is 0 Å². The normalized spacial score (nSPS) is 13.3. The third-order valence-electron chi connectivity index (χ3n) is 6.28. The first-order chi connectivity index (χ1) is 13.8. The van der Waals surface area contributed by atoms with Crippen molar-refractivity contribution < 1.29 is 22.8 Å². The summed E-state index contributed by atoms with van der Waals surface area (Å²) in [7, 11) is -3.17. The van der Waals surface area contributed by atoms with E-state index >= 15 is 0 Å². The first-order valence-electron chi connectivity index (χ1n) is 11.5. The second kappa shape index (κ2) is 14.7. The molecule has 0 amide bonds. The van der Waals surface area contributed by atoms with Crippen LogP contribution in [-0.4, -0.2) is 52.1 Å². The molecule has 0 aromatic carbocycles. The molecular formula is C21H46O5Si3. The van der Waals surface area contributed by atoms with Crippen molar-refractivity contribution in [3.63, 3.8) is 0 Å². The fraction of sp³-hybridized carbons (Fsp3) is 0.857. The summed E-state index contributed by atoms with van der Waals surface area (Å²) in [6.45, 7) is 16.1. The van der Waals surface area contributed by atoms with Crippen molar-refractivity contribution in [3.8, 4) is 0 Å². The summed E-state index contributed by atoms with van der Waals surface area (Å²) in [5, 5.41) is 0. The predicted molar refractivity (Wildman–Crippen MR) is 130 cm³/mol. The number of rotatable bonds is 17. The Morgan fingerprint density at radius 3 is 1.69 bits per heavy atom. The van der Waals surface area contributed by atoms with Gasteiger partial charge in [0.1, 0.15) is 10.5 Å². The molecule has 0 atom stereocenters. The van der Waals surface area contributed by atoms with Gasteiger partial charge in [-0.05, 0) is 49.6 Å². The van der Waals surface area contributed by atoms with Crippen molar-refractivity contribution in [2.45, 2.75) is 103 Å². The fourth-order valence-electron chi connectivity index (χ4n) is 3.89. The van der Waals surface area contributed by atoms with Crippen LogP contribution in [-0.2, 0) is 22.8 Å². The molecule has 0 N–H and O–H groups in total. The third kappa shape index (κ3) is 9.18. The van der Waals surface area contributed by atoms with E-state index in [1.807, 2.05) is 6.92 Å². The predicted octanol–water partition coefficient (Wildman–Crippen LogP) is 4.92. The molecule has 0 aliphatic carbocycles. The van der Waals surface area contributed by atoms with Gasteiger partial charge in [0.05, 0.1) is 13.2 Å². The van der Waals surface area contributed by atoms with Gasteiger partial charge in [-0.1, -0.05) is 47.6 Å². The van der Waals surface area contributed by atoms with Crippen LogP contribution >= 0.6 is 0 Å². The molecule has 5 nitrogen and oxygen atoms in total. The second-order valence-corrected chi connectivity index (χ2v) is 17.8. The standard InChI is InChI=1S/C21H46O5Si3/c1-8-16-20(22)23-18-15-17-21(19-24-27,25-28(9-2,10-3)11-4)26-29(12-5,13-6)14-7/h8,16H,9-15,17-19H2,1-7,27H3. The van der Waals surface area contributed by atoms with E-state index < -0.39 is 22.4 Å². The van der Waals surface area contributed by atoms with Gasteiger partial charge in [0.2, 0.25) is 0 Å². The third-order valence-corrected chi connectivity index (χ3v) is 15.9. The molecule has 0 spiro atoms. The molecule has 0 saturated heterocycles. The maximum Gasteiger partial charge on any atom is 0.330 e. The zero-order chi connectivity index (χ0) is 22.4. The highest BCUT2D eigenvalue weighted by atomic mass is 28.4. The van der Waals surface area contributed by atoms with Crippen LogP contribution in [0.3, 0.4) is 0 Å². The lowest BCUT2D eigenvalue weighted by Gasteiger charge is -2.47. The van der Waals surface area contributed by atoms with Gasteiger partial charge >= 0.3 is 5.97 Å². The van der Waals surface area contributed by atoms with Crippen molar-refractivity contribution in [1.29, 1.82) is 0 Å². The molecule has 0 unspecified atom stereocenters. The Bertz CT molecular complexity index is 438. The minimum absolute atomic E-state index is 0.294. The SMILES string of the molecule is CC=CC(=O)OCCCC(CO[SiH3])(O[Si](CC)(CC)CC)O[Si](CC)(CC)CC. The minimum Gasteiger partial charge on any atom is -0.463 e. The van der Waals surface area contributed by atoms with Crippen LogP contribution in [0.1, 0.15) is 61.3 Å². The first kappa shape index (κ1) is 28.7. The highest BCUT2D eigenvalue weighted by molar-refractivity contribution is 6.74. The summed E-state index contributed by atoms with van der Waals surface area (Å²) in [5.41, 5.74) is 0. The van der Waals surface area contributed by atoms with Crippen LogP contribution in [0, 0.1) is 0 Å². The average Bonchev–Trinajstić information content (AvgIpc) is 2.74. The van der Waals surface area contributed by atoms with E-state index in [0.29, 0.717) is 36.5 Å². The van der Waals surface area contributed by atoms with Crippen molar-refractivity contribution in [2.75, 3.05) is 13.2 Å². The van der Waals surface area contributed by atoms with E-state index in [2.05, 4.69) is 41.5 Å². The van der Waals surface area contributed by atoms with E-state index in [1.54, 1.807) is 6.08 Å². The highest BCUT2D eigenvalue weighted by Gasteiger charge is 2.46. The van der Waals surface area contributed by atoms with Crippen LogP contribution < -0.4 is 0 Å². The summed E-state index contributed by atoms with van der Waals surface area (Å²) in [6.07, 6.45) is 4.55. The molecule has 0 fully saturated rings. The van der Waals surface area contributed by atoms with Crippen molar-refractivity contribution >= 4 is 33.1 Å². The molecule has 0 saturated carbocycles. The summed E-state index contributed by atoms with van der Waals surface area (Å²) >= 11 is 0. The van der Waals surface area contributed by atoms with Crippen molar-refractivity contribution in [1.82, 2.24) is 0 Å². The van der Waals surface area contributed by atoms with Gasteiger partial charge in [0, 0.05) is 12.5 Å². The number of esters is 1. The maximum absolute atomic E-state index is 11.7. The minimum atomic E-state index is -1.91. The van der Waals surface area contributed by atoms with Gasteiger partial charge in [-0.2, -0.15) is 0 Å². The lowest BCUT2D eigenvalue weighted by atomic mass is 10.1. The fourth-order valence-corrected chi connectivity index (χ4v) is 10.3. The first-order valence-corrected chi connectivity index (χ1v) is 17.4. The lowest BCUT2D eigenvalue weighted by Crippen LogP contribution is -2.57. The number of hydrogen-bond acceptors (Lipinski definition) is 5. The number of carbonyl (C=O) groups is 1. The van der Waals surface area contributed by atoms with E-state index in [4.69, 9.17) is 18.0 Å². The highest BCUT2D eigenvalue weighted by Crippen LogP contribution is 2.37. The summed E-state index contributed by atoms with van der Waals surface area (Å²) in [4.78, 5) is 11.7. The quantitative estimate of drug-likeness (QED) is 0.101. The monoisotopic (exact) mass is 462 g/mol. The zero-order valence-electron chi connectivity index (χ0n) is 20.3. The number of ether oxygens (including phenoxy) is 1. The van der Waals surface area contributed by atoms with Gasteiger partial charge in [0.25, 0.3) is 0 Å². The van der Waals surface area contributed by atoms with Crippen molar-refractivity contribution in [3.05, 3.63) is 12.2 Å². The number of carbonyl (C=O) groups excluding carboxylic acids is 1. The topological polar surface area (TPSA) is 54.0 Å². The Morgan fingerprint density at radius 1 is 0.897 bits per heavy atom. The molecule has 0 aromatic heterocycles. The molecule has 29 heavy (non-hydrogen) atoms.